The zero-order valence-corrected chi connectivity index (χ0v) is 12.0. The molecule has 2 rings (SSSR count). The number of oxazole rings is 1. The molecule has 0 saturated heterocycles. The summed E-state index contributed by atoms with van der Waals surface area (Å²) in [5.74, 6) is -0.320. The first-order chi connectivity index (χ1) is 7.80. The Morgan fingerprint density at radius 1 is 1.35 bits per heavy atom. The number of benzene rings is 1. The number of hydrogen-bond acceptors (Lipinski definition) is 2. The van der Waals surface area contributed by atoms with E-state index in [0.29, 0.717) is 5.58 Å². The minimum Gasteiger partial charge on any atom is -0.408 e. The Balaban J connectivity index is 2.56. The van der Waals surface area contributed by atoms with Crippen molar-refractivity contribution < 1.29 is 4.42 Å². The number of rotatable bonds is 1. The molecule has 0 fully saturated rings. The third-order valence-electron chi connectivity index (χ3n) is 2.87. The van der Waals surface area contributed by atoms with Crippen molar-refractivity contribution in [1.29, 1.82) is 0 Å². The number of aromatic nitrogens is 1. The maximum Gasteiger partial charge on any atom is 0.419 e. The van der Waals surface area contributed by atoms with Crippen LogP contribution in [0.25, 0.3) is 11.1 Å². The van der Waals surface area contributed by atoms with Gasteiger partial charge in [-0.1, -0.05) is 42.8 Å². The second-order valence-corrected chi connectivity index (χ2v) is 6.30. The Hall–Kier alpha value is -1.03. The number of fused-ring (bicyclic) bond motifs is 1. The van der Waals surface area contributed by atoms with Gasteiger partial charge in [-0.25, -0.2) is 4.79 Å². The standard InChI is InChI=1S/C13H16BrNO2/c1-13(2,3)11(14)8-5-6-9-10(7-8)17-12(16)15(9)4/h5-7,11H,1-4H3. The third kappa shape index (κ3) is 2.18. The van der Waals surface area contributed by atoms with E-state index in [0.717, 1.165) is 11.1 Å². The van der Waals surface area contributed by atoms with Gasteiger partial charge < -0.3 is 4.42 Å². The molecule has 0 aliphatic heterocycles. The second kappa shape index (κ2) is 4.02. The predicted molar refractivity (Wildman–Crippen MR) is 72.6 cm³/mol. The minimum absolute atomic E-state index is 0.114. The van der Waals surface area contributed by atoms with E-state index in [9.17, 15) is 4.79 Å². The smallest absolute Gasteiger partial charge is 0.408 e. The molecule has 0 bridgehead atoms. The molecule has 1 aromatic carbocycles. The number of nitrogens with zero attached hydrogens (tertiary/aromatic N) is 1. The molecule has 1 heterocycles. The van der Waals surface area contributed by atoms with E-state index < -0.39 is 0 Å². The van der Waals surface area contributed by atoms with Gasteiger partial charge in [0.05, 0.1) is 5.52 Å². The van der Waals surface area contributed by atoms with Crippen molar-refractivity contribution in [3.63, 3.8) is 0 Å². The highest BCUT2D eigenvalue weighted by molar-refractivity contribution is 9.09. The minimum atomic E-state index is -0.320. The van der Waals surface area contributed by atoms with Crippen LogP contribution in [0.2, 0.25) is 0 Å². The summed E-state index contributed by atoms with van der Waals surface area (Å²) in [5.41, 5.74) is 2.71. The molecule has 0 aliphatic rings. The Kier molecular flexibility index (Phi) is 2.94. The fourth-order valence-corrected chi connectivity index (χ4v) is 2.09. The van der Waals surface area contributed by atoms with E-state index in [2.05, 4.69) is 36.7 Å². The lowest BCUT2D eigenvalue weighted by Gasteiger charge is -2.25. The first-order valence-corrected chi connectivity index (χ1v) is 6.46. The number of aryl methyl sites for hydroxylation is 1. The van der Waals surface area contributed by atoms with Gasteiger partial charge in [0.25, 0.3) is 0 Å². The van der Waals surface area contributed by atoms with Crippen LogP contribution in [-0.2, 0) is 7.05 Å². The van der Waals surface area contributed by atoms with Crippen LogP contribution in [0.3, 0.4) is 0 Å². The van der Waals surface area contributed by atoms with Crippen molar-refractivity contribution in [3.05, 3.63) is 34.3 Å². The fourth-order valence-electron chi connectivity index (χ4n) is 1.81. The highest BCUT2D eigenvalue weighted by Gasteiger charge is 2.24. The monoisotopic (exact) mass is 297 g/mol. The van der Waals surface area contributed by atoms with Crippen LogP contribution in [0.4, 0.5) is 0 Å². The number of halogens is 1. The van der Waals surface area contributed by atoms with E-state index in [1.54, 1.807) is 7.05 Å². The summed E-state index contributed by atoms with van der Waals surface area (Å²) >= 11 is 3.69. The summed E-state index contributed by atoms with van der Waals surface area (Å²) in [6.45, 7) is 6.49. The molecule has 1 atom stereocenters. The lowest BCUT2D eigenvalue weighted by Crippen LogP contribution is -2.12. The van der Waals surface area contributed by atoms with Gasteiger partial charge in [-0.05, 0) is 23.1 Å². The second-order valence-electron chi connectivity index (χ2n) is 5.38. The number of alkyl halides is 1. The van der Waals surface area contributed by atoms with Crippen LogP contribution >= 0.6 is 15.9 Å². The Bertz CT molecular complexity index is 604. The Morgan fingerprint density at radius 2 is 2.00 bits per heavy atom. The zero-order chi connectivity index (χ0) is 12.8. The quantitative estimate of drug-likeness (QED) is 0.754. The molecule has 1 aromatic heterocycles. The normalized spacial score (nSPS) is 14.2. The fraction of sp³-hybridized carbons (Fsp3) is 0.462. The zero-order valence-electron chi connectivity index (χ0n) is 10.5. The van der Waals surface area contributed by atoms with Gasteiger partial charge in [-0.15, -0.1) is 0 Å². The van der Waals surface area contributed by atoms with Gasteiger partial charge in [0, 0.05) is 11.9 Å². The summed E-state index contributed by atoms with van der Waals surface area (Å²) in [6, 6.07) is 5.89. The van der Waals surface area contributed by atoms with Crippen molar-refractivity contribution in [2.75, 3.05) is 0 Å². The van der Waals surface area contributed by atoms with Crippen molar-refractivity contribution in [2.24, 2.45) is 12.5 Å². The molecule has 0 amide bonds. The van der Waals surface area contributed by atoms with Crippen molar-refractivity contribution in [2.45, 2.75) is 25.6 Å². The van der Waals surface area contributed by atoms with Gasteiger partial charge >= 0.3 is 5.76 Å². The van der Waals surface area contributed by atoms with E-state index in [1.165, 1.54) is 4.57 Å². The maximum absolute atomic E-state index is 11.4. The molecule has 17 heavy (non-hydrogen) atoms. The van der Waals surface area contributed by atoms with Crippen LogP contribution in [0.5, 0.6) is 0 Å². The van der Waals surface area contributed by atoms with Crippen LogP contribution < -0.4 is 5.76 Å². The average Bonchev–Trinajstić information content (AvgIpc) is 2.52. The topological polar surface area (TPSA) is 35.1 Å². The molecule has 0 saturated carbocycles. The summed E-state index contributed by atoms with van der Waals surface area (Å²) in [6.07, 6.45) is 0. The summed E-state index contributed by atoms with van der Waals surface area (Å²) in [4.78, 5) is 11.6. The van der Waals surface area contributed by atoms with Gasteiger partial charge in [-0.3, -0.25) is 4.57 Å². The van der Waals surface area contributed by atoms with Gasteiger partial charge in [0.15, 0.2) is 5.58 Å². The third-order valence-corrected chi connectivity index (χ3v) is 4.77. The predicted octanol–water partition coefficient (Wildman–Crippen LogP) is 3.61. The van der Waals surface area contributed by atoms with Crippen molar-refractivity contribution in [3.8, 4) is 0 Å². The van der Waals surface area contributed by atoms with Crippen molar-refractivity contribution >= 4 is 27.0 Å². The first-order valence-electron chi connectivity index (χ1n) is 5.54. The van der Waals surface area contributed by atoms with E-state index in [1.807, 2.05) is 18.2 Å². The lowest BCUT2D eigenvalue weighted by molar-refractivity contribution is 0.407. The van der Waals surface area contributed by atoms with Crippen LogP contribution in [-0.4, -0.2) is 4.57 Å². The molecule has 0 spiro atoms. The highest BCUT2D eigenvalue weighted by Crippen LogP contribution is 2.40. The molecule has 92 valence electrons. The summed E-state index contributed by atoms with van der Waals surface area (Å²) in [7, 11) is 1.71. The molecule has 4 heteroatoms. The van der Waals surface area contributed by atoms with Gasteiger partial charge in [-0.2, -0.15) is 0 Å². The maximum atomic E-state index is 11.4. The Morgan fingerprint density at radius 3 is 2.59 bits per heavy atom. The molecule has 0 aliphatic carbocycles. The van der Waals surface area contributed by atoms with E-state index in [4.69, 9.17) is 4.42 Å². The van der Waals surface area contributed by atoms with Gasteiger partial charge in [0.1, 0.15) is 0 Å². The highest BCUT2D eigenvalue weighted by atomic mass is 79.9. The summed E-state index contributed by atoms with van der Waals surface area (Å²) < 4.78 is 6.70. The SMILES string of the molecule is Cn1c(=O)oc2cc(C(Br)C(C)(C)C)ccc21. The lowest BCUT2D eigenvalue weighted by atomic mass is 9.88. The molecule has 0 N–H and O–H groups in total. The molecule has 3 nitrogen and oxygen atoms in total. The average molecular weight is 298 g/mol. The van der Waals surface area contributed by atoms with E-state index in [-0.39, 0.29) is 16.0 Å². The number of hydrogen-bond donors (Lipinski definition) is 0. The summed E-state index contributed by atoms with van der Waals surface area (Å²) in [5, 5.41) is 0. The first kappa shape index (κ1) is 12.4. The molecule has 1 unspecified atom stereocenters. The van der Waals surface area contributed by atoms with Gasteiger partial charge in [0.2, 0.25) is 0 Å². The molecule has 2 aromatic rings. The molecular formula is C13H16BrNO2. The van der Waals surface area contributed by atoms with E-state index >= 15 is 0 Å². The van der Waals surface area contributed by atoms with Crippen LogP contribution in [0, 0.1) is 5.41 Å². The Labute approximate surface area is 109 Å². The largest absolute Gasteiger partial charge is 0.419 e. The molecule has 0 radical (unpaired) electrons. The molecular weight excluding hydrogens is 282 g/mol. The van der Waals surface area contributed by atoms with Crippen LogP contribution in [0.1, 0.15) is 31.2 Å². The van der Waals surface area contributed by atoms with Crippen molar-refractivity contribution in [1.82, 2.24) is 4.57 Å². The van der Waals surface area contributed by atoms with Crippen LogP contribution in [0.15, 0.2) is 27.4 Å².